The van der Waals surface area contributed by atoms with Crippen LogP contribution in [0.3, 0.4) is 0 Å². The summed E-state index contributed by atoms with van der Waals surface area (Å²) >= 11 is 0. The van der Waals surface area contributed by atoms with Gasteiger partial charge in [-0.05, 0) is 23.6 Å². The van der Waals surface area contributed by atoms with Crippen molar-refractivity contribution < 1.29 is 13.2 Å². The smallest absolute Gasteiger partial charge is 0.324 e. The van der Waals surface area contributed by atoms with Crippen molar-refractivity contribution >= 4 is 12.4 Å². The fourth-order valence-electron chi connectivity index (χ4n) is 1.28. The Morgan fingerprint density at radius 2 is 1.50 bits per heavy atom. The third kappa shape index (κ3) is 3.68. The normalized spacial score (nSPS) is 13.4. The molecular formula is C11H15ClF3N. The maximum Gasteiger partial charge on any atom is 0.416 e. The van der Waals surface area contributed by atoms with Gasteiger partial charge in [0, 0.05) is 6.04 Å². The maximum atomic E-state index is 12.2. The maximum absolute atomic E-state index is 12.2. The van der Waals surface area contributed by atoms with Gasteiger partial charge in [-0.1, -0.05) is 26.0 Å². The quantitative estimate of drug-likeness (QED) is 0.853. The average molecular weight is 254 g/mol. The topological polar surface area (TPSA) is 26.0 Å². The van der Waals surface area contributed by atoms with Crippen molar-refractivity contribution in [2.24, 2.45) is 11.7 Å². The highest BCUT2D eigenvalue weighted by Crippen LogP contribution is 2.30. The van der Waals surface area contributed by atoms with Crippen molar-refractivity contribution in [1.82, 2.24) is 0 Å². The highest BCUT2D eigenvalue weighted by Gasteiger charge is 2.30. The summed E-state index contributed by atoms with van der Waals surface area (Å²) in [6, 6.07) is 4.79. The van der Waals surface area contributed by atoms with Crippen molar-refractivity contribution in [2.45, 2.75) is 26.1 Å². The van der Waals surface area contributed by atoms with Gasteiger partial charge in [0.05, 0.1) is 5.56 Å². The number of hydrogen-bond acceptors (Lipinski definition) is 1. The number of nitrogens with two attached hydrogens (primary N) is 1. The molecule has 16 heavy (non-hydrogen) atoms. The van der Waals surface area contributed by atoms with Gasteiger partial charge >= 0.3 is 6.18 Å². The third-order valence-corrected chi connectivity index (χ3v) is 2.34. The predicted molar refractivity (Wildman–Crippen MR) is 60.5 cm³/mol. The van der Waals surface area contributed by atoms with E-state index >= 15 is 0 Å². The Labute approximate surface area is 99.2 Å². The van der Waals surface area contributed by atoms with Crippen LogP contribution in [0.2, 0.25) is 0 Å². The fourth-order valence-corrected chi connectivity index (χ4v) is 1.28. The zero-order valence-electron chi connectivity index (χ0n) is 9.08. The van der Waals surface area contributed by atoms with Crippen molar-refractivity contribution in [3.05, 3.63) is 35.4 Å². The van der Waals surface area contributed by atoms with Crippen molar-refractivity contribution in [3.63, 3.8) is 0 Å². The molecule has 0 aliphatic carbocycles. The summed E-state index contributed by atoms with van der Waals surface area (Å²) in [5.41, 5.74) is 5.91. The van der Waals surface area contributed by atoms with Crippen LogP contribution in [-0.2, 0) is 6.18 Å². The molecule has 0 aliphatic heterocycles. The first-order valence-electron chi connectivity index (χ1n) is 4.75. The minimum atomic E-state index is -4.28. The molecule has 0 aliphatic rings. The second-order valence-corrected chi connectivity index (χ2v) is 3.89. The van der Waals surface area contributed by atoms with Crippen molar-refractivity contribution in [3.8, 4) is 0 Å². The Kier molecular flexibility index (Phi) is 5.29. The summed E-state index contributed by atoms with van der Waals surface area (Å²) in [6.45, 7) is 3.87. The standard InChI is InChI=1S/C11H14F3N.ClH/c1-7(2)10(15)8-3-5-9(6-4-8)11(12,13)14;/h3-7,10H,15H2,1-2H3;1H/t10-;/m1./s1. The third-order valence-electron chi connectivity index (χ3n) is 2.34. The van der Waals surface area contributed by atoms with Gasteiger partial charge in [-0.25, -0.2) is 0 Å². The average Bonchev–Trinajstić information content (AvgIpc) is 2.15. The van der Waals surface area contributed by atoms with Gasteiger partial charge in [-0.3, -0.25) is 0 Å². The minimum absolute atomic E-state index is 0. The molecule has 0 unspecified atom stereocenters. The molecule has 0 spiro atoms. The molecule has 1 nitrogen and oxygen atoms in total. The van der Waals surface area contributed by atoms with E-state index in [4.69, 9.17) is 5.73 Å². The molecule has 0 aromatic heterocycles. The van der Waals surface area contributed by atoms with Gasteiger partial charge in [0.15, 0.2) is 0 Å². The van der Waals surface area contributed by atoms with Crippen LogP contribution in [0.4, 0.5) is 13.2 Å². The molecule has 1 atom stereocenters. The lowest BCUT2D eigenvalue weighted by Gasteiger charge is -2.16. The molecule has 1 aromatic carbocycles. The van der Waals surface area contributed by atoms with E-state index in [9.17, 15) is 13.2 Å². The molecule has 0 amide bonds. The van der Waals surface area contributed by atoms with Crippen LogP contribution in [0.1, 0.15) is 31.0 Å². The Balaban J connectivity index is 0.00000225. The number of benzene rings is 1. The van der Waals surface area contributed by atoms with E-state index in [0.717, 1.165) is 17.7 Å². The Hall–Kier alpha value is -0.740. The van der Waals surface area contributed by atoms with Gasteiger partial charge in [-0.2, -0.15) is 13.2 Å². The van der Waals surface area contributed by atoms with Crippen LogP contribution in [-0.4, -0.2) is 0 Å². The summed E-state index contributed by atoms with van der Waals surface area (Å²) in [4.78, 5) is 0. The monoisotopic (exact) mass is 253 g/mol. The van der Waals surface area contributed by atoms with E-state index in [1.165, 1.54) is 12.1 Å². The van der Waals surface area contributed by atoms with Crippen LogP contribution in [0.25, 0.3) is 0 Å². The lowest BCUT2D eigenvalue weighted by atomic mass is 9.96. The molecule has 2 N–H and O–H groups in total. The molecule has 0 heterocycles. The summed E-state index contributed by atoms with van der Waals surface area (Å²) < 4.78 is 36.7. The molecular weight excluding hydrogens is 239 g/mol. The molecule has 0 saturated carbocycles. The van der Waals surface area contributed by atoms with E-state index in [2.05, 4.69) is 0 Å². The fraction of sp³-hybridized carbons (Fsp3) is 0.455. The van der Waals surface area contributed by atoms with Crippen LogP contribution in [0.15, 0.2) is 24.3 Å². The summed E-state index contributed by atoms with van der Waals surface area (Å²) in [7, 11) is 0. The summed E-state index contributed by atoms with van der Waals surface area (Å²) in [6.07, 6.45) is -4.28. The lowest BCUT2D eigenvalue weighted by molar-refractivity contribution is -0.137. The van der Waals surface area contributed by atoms with Gasteiger partial charge < -0.3 is 5.73 Å². The molecule has 0 bridgehead atoms. The molecule has 1 rings (SSSR count). The summed E-state index contributed by atoms with van der Waals surface area (Å²) in [5.74, 6) is 0.210. The second-order valence-electron chi connectivity index (χ2n) is 3.89. The number of halogens is 4. The highest BCUT2D eigenvalue weighted by atomic mass is 35.5. The number of alkyl halides is 3. The molecule has 0 radical (unpaired) electrons. The van der Waals surface area contributed by atoms with Gasteiger partial charge in [-0.15, -0.1) is 12.4 Å². The Morgan fingerprint density at radius 3 is 1.81 bits per heavy atom. The van der Waals surface area contributed by atoms with Gasteiger partial charge in [0.1, 0.15) is 0 Å². The van der Waals surface area contributed by atoms with Crippen molar-refractivity contribution in [1.29, 1.82) is 0 Å². The van der Waals surface area contributed by atoms with E-state index in [0.29, 0.717) is 0 Å². The van der Waals surface area contributed by atoms with Crippen LogP contribution < -0.4 is 5.73 Å². The highest BCUT2D eigenvalue weighted by molar-refractivity contribution is 5.85. The zero-order valence-corrected chi connectivity index (χ0v) is 9.90. The zero-order chi connectivity index (χ0) is 11.6. The Morgan fingerprint density at radius 1 is 1.06 bits per heavy atom. The largest absolute Gasteiger partial charge is 0.416 e. The molecule has 0 saturated heterocycles. The van der Waals surface area contributed by atoms with Crippen LogP contribution in [0.5, 0.6) is 0 Å². The van der Waals surface area contributed by atoms with Crippen LogP contribution >= 0.6 is 12.4 Å². The molecule has 92 valence electrons. The Bertz CT molecular complexity index is 319. The first kappa shape index (κ1) is 15.3. The molecule has 5 heteroatoms. The van der Waals surface area contributed by atoms with Gasteiger partial charge in [0.2, 0.25) is 0 Å². The first-order chi connectivity index (χ1) is 6.82. The van der Waals surface area contributed by atoms with Crippen molar-refractivity contribution in [2.75, 3.05) is 0 Å². The second kappa shape index (κ2) is 5.55. The number of rotatable bonds is 2. The van der Waals surface area contributed by atoms with E-state index in [-0.39, 0.29) is 24.4 Å². The molecule has 1 aromatic rings. The van der Waals surface area contributed by atoms with Gasteiger partial charge in [0.25, 0.3) is 0 Å². The summed E-state index contributed by atoms with van der Waals surface area (Å²) in [5, 5.41) is 0. The SMILES string of the molecule is CC(C)[C@@H](N)c1ccc(C(F)(F)F)cc1.Cl. The molecule has 0 fully saturated rings. The predicted octanol–water partition coefficient (Wildman–Crippen LogP) is 3.78. The number of hydrogen-bond donors (Lipinski definition) is 1. The van der Waals surface area contributed by atoms with E-state index < -0.39 is 11.7 Å². The van der Waals surface area contributed by atoms with Crippen LogP contribution in [0, 0.1) is 5.92 Å². The van der Waals surface area contributed by atoms with E-state index in [1.54, 1.807) is 0 Å². The van der Waals surface area contributed by atoms with E-state index in [1.807, 2.05) is 13.8 Å². The first-order valence-corrected chi connectivity index (χ1v) is 4.75. The lowest BCUT2D eigenvalue weighted by Crippen LogP contribution is -2.17. The minimum Gasteiger partial charge on any atom is -0.324 e.